The van der Waals surface area contributed by atoms with Crippen LogP contribution in [0.3, 0.4) is 0 Å². The van der Waals surface area contributed by atoms with Gasteiger partial charge in [0.2, 0.25) is 0 Å². The van der Waals surface area contributed by atoms with Crippen molar-refractivity contribution in [3.63, 3.8) is 0 Å². The van der Waals surface area contributed by atoms with Crippen LogP contribution in [0, 0.1) is 0 Å². The van der Waals surface area contributed by atoms with Crippen LogP contribution < -0.4 is 4.90 Å². The van der Waals surface area contributed by atoms with Gasteiger partial charge in [-0.05, 0) is 73.8 Å². The predicted octanol–water partition coefficient (Wildman–Crippen LogP) is 6.33. The van der Waals surface area contributed by atoms with Gasteiger partial charge in [0.1, 0.15) is 0 Å². The van der Waals surface area contributed by atoms with Gasteiger partial charge in [-0.1, -0.05) is 66.7 Å². The summed E-state index contributed by atoms with van der Waals surface area (Å²) in [5, 5.41) is 0. The van der Waals surface area contributed by atoms with Crippen molar-refractivity contribution in [3.05, 3.63) is 95.6 Å². The number of halogens is 1. The lowest BCUT2D eigenvalue weighted by Gasteiger charge is -2.24. The van der Waals surface area contributed by atoms with Crippen LogP contribution in [0.1, 0.15) is 34.3 Å². The molecule has 0 aliphatic carbocycles. The summed E-state index contributed by atoms with van der Waals surface area (Å²) in [6, 6.07) is 24.8. The van der Waals surface area contributed by atoms with Gasteiger partial charge in [-0.3, -0.25) is 4.79 Å². The number of carbonyl (C=O) groups is 1. The Morgan fingerprint density at radius 3 is 2.38 bits per heavy atom. The third-order valence-corrected chi connectivity index (χ3v) is 5.74. The van der Waals surface area contributed by atoms with Crippen LogP contribution in [0.25, 0.3) is 17.2 Å². The standard InChI is InChI=1S/C28H30N2O.ClH/c1-29(2)19-8-9-22-13-14-25-12-6-7-20-30(27(25)21-22)28(31)26-17-15-24(16-18-26)23-10-4-3-5-11-23;/h3-5,8-11,13-18,21H,6-7,12,19-20H2,1-2H3;1H/b9-8+;. The lowest BCUT2D eigenvalue weighted by Crippen LogP contribution is -2.31. The fraction of sp³-hybridized carbons (Fsp3) is 0.250. The van der Waals surface area contributed by atoms with Gasteiger partial charge in [-0.15, -0.1) is 12.4 Å². The Hall–Kier alpha value is -2.88. The number of rotatable bonds is 5. The summed E-state index contributed by atoms with van der Waals surface area (Å²) in [6.07, 6.45) is 7.46. The van der Waals surface area contributed by atoms with Gasteiger partial charge in [0.15, 0.2) is 0 Å². The molecule has 3 aromatic rings. The molecule has 0 atom stereocenters. The van der Waals surface area contributed by atoms with Gasteiger partial charge in [0, 0.05) is 24.3 Å². The van der Waals surface area contributed by atoms with Gasteiger partial charge in [-0.2, -0.15) is 0 Å². The van der Waals surface area contributed by atoms with Crippen molar-refractivity contribution in [2.24, 2.45) is 0 Å². The number of amides is 1. The Morgan fingerprint density at radius 1 is 0.938 bits per heavy atom. The van der Waals surface area contributed by atoms with Crippen molar-refractivity contribution >= 4 is 30.1 Å². The molecule has 1 heterocycles. The van der Waals surface area contributed by atoms with E-state index in [2.05, 4.69) is 61.5 Å². The first kappa shape index (κ1) is 23.8. The van der Waals surface area contributed by atoms with Crippen LogP contribution in [-0.4, -0.2) is 38.0 Å². The van der Waals surface area contributed by atoms with E-state index in [4.69, 9.17) is 0 Å². The SMILES string of the molecule is CN(C)C/C=C/c1ccc2c(c1)N(C(=O)c1ccc(-c3ccccc3)cc1)CCCC2.Cl. The highest BCUT2D eigenvalue weighted by molar-refractivity contribution is 6.07. The van der Waals surface area contributed by atoms with E-state index < -0.39 is 0 Å². The molecule has 32 heavy (non-hydrogen) atoms. The van der Waals surface area contributed by atoms with Crippen molar-refractivity contribution in [1.29, 1.82) is 0 Å². The molecule has 0 unspecified atom stereocenters. The molecule has 0 saturated carbocycles. The molecule has 3 aromatic carbocycles. The molecule has 1 amide bonds. The number of likely N-dealkylation sites (N-methyl/N-ethyl adjacent to an activating group) is 1. The number of anilines is 1. The maximum absolute atomic E-state index is 13.5. The lowest BCUT2D eigenvalue weighted by molar-refractivity contribution is 0.0987. The molecule has 0 aromatic heterocycles. The van der Waals surface area contributed by atoms with Crippen LogP contribution in [0.5, 0.6) is 0 Å². The minimum atomic E-state index is 0. The van der Waals surface area contributed by atoms with E-state index in [1.165, 1.54) is 5.56 Å². The lowest BCUT2D eigenvalue weighted by atomic mass is 10.0. The second-order valence-electron chi connectivity index (χ2n) is 8.41. The molecule has 0 N–H and O–H groups in total. The monoisotopic (exact) mass is 446 g/mol. The molecule has 4 rings (SSSR count). The Labute approximate surface area is 197 Å². The van der Waals surface area contributed by atoms with Crippen molar-refractivity contribution < 1.29 is 4.79 Å². The summed E-state index contributed by atoms with van der Waals surface area (Å²) in [6.45, 7) is 1.66. The highest BCUT2D eigenvalue weighted by Gasteiger charge is 2.22. The van der Waals surface area contributed by atoms with Gasteiger partial charge in [0.25, 0.3) is 5.91 Å². The maximum Gasteiger partial charge on any atom is 0.258 e. The normalized spacial score (nSPS) is 13.5. The van der Waals surface area contributed by atoms with Crippen molar-refractivity contribution in [2.75, 3.05) is 32.1 Å². The van der Waals surface area contributed by atoms with Gasteiger partial charge in [-0.25, -0.2) is 0 Å². The van der Waals surface area contributed by atoms with Gasteiger partial charge in [0.05, 0.1) is 0 Å². The molecular weight excluding hydrogens is 416 g/mol. The molecule has 0 fully saturated rings. The Bertz CT molecular complexity index is 1060. The molecule has 0 saturated heterocycles. The summed E-state index contributed by atoms with van der Waals surface area (Å²) in [7, 11) is 4.12. The zero-order chi connectivity index (χ0) is 21.6. The zero-order valence-electron chi connectivity index (χ0n) is 18.8. The van der Waals surface area contributed by atoms with Crippen LogP contribution in [-0.2, 0) is 6.42 Å². The number of fused-ring (bicyclic) bond motifs is 1. The molecule has 1 aliphatic rings. The Morgan fingerprint density at radius 2 is 1.66 bits per heavy atom. The second-order valence-corrected chi connectivity index (χ2v) is 8.41. The first-order chi connectivity index (χ1) is 15.1. The average Bonchev–Trinajstić information content (AvgIpc) is 3.01. The summed E-state index contributed by atoms with van der Waals surface area (Å²) >= 11 is 0. The van der Waals surface area contributed by atoms with Gasteiger partial charge >= 0.3 is 0 Å². The van der Waals surface area contributed by atoms with Crippen LogP contribution in [0.15, 0.2) is 78.9 Å². The fourth-order valence-corrected chi connectivity index (χ4v) is 4.06. The molecular formula is C28H31ClN2O. The molecule has 4 heteroatoms. The molecule has 0 spiro atoms. The first-order valence-corrected chi connectivity index (χ1v) is 11.0. The van der Waals surface area contributed by atoms with E-state index in [0.29, 0.717) is 0 Å². The number of benzene rings is 3. The van der Waals surface area contributed by atoms with Gasteiger partial charge < -0.3 is 9.80 Å². The van der Waals surface area contributed by atoms with E-state index in [1.54, 1.807) is 0 Å². The Balaban J connectivity index is 0.00000289. The van der Waals surface area contributed by atoms with E-state index >= 15 is 0 Å². The highest BCUT2D eigenvalue weighted by Crippen LogP contribution is 2.30. The quantitative estimate of drug-likeness (QED) is 0.457. The summed E-state index contributed by atoms with van der Waals surface area (Å²) in [4.78, 5) is 17.6. The van der Waals surface area contributed by atoms with E-state index in [0.717, 1.165) is 60.3 Å². The smallest absolute Gasteiger partial charge is 0.258 e. The second kappa shape index (κ2) is 11.1. The molecule has 166 valence electrons. The maximum atomic E-state index is 13.5. The first-order valence-electron chi connectivity index (χ1n) is 11.0. The van der Waals surface area contributed by atoms with Crippen LogP contribution in [0.2, 0.25) is 0 Å². The summed E-state index contributed by atoms with van der Waals surface area (Å²) < 4.78 is 0. The minimum absolute atomic E-state index is 0. The van der Waals surface area contributed by atoms with Crippen molar-refractivity contribution in [1.82, 2.24) is 4.90 Å². The fourth-order valence-electron chi connectivity index (χ4n) is 4.06. The summed E-state index contributed by atoms with van der Waals surface area (Å²) in [5.74, 6) is 0.0807. The molecule has 1 aliphatic heterocycles. The number of hydrogen-bond acceptors (Lipinski definition) is 2. The van der Waals surface area contributed by atoms with Crippen LogP contribution >= 0.6 is 12.4 Å². The van der Waals surface area contributed by atoms with Crippen LogP contribution in [0.4, 0.5) is 5.69 Å². The Kier molecular flexibility index (Phi) is 8.26. The predicted molar refractivity (Wildman–Crippen MR) is 138 cm³/mol. The largest absolute Gasteiger partial charge is 0.308 e. The molecule has 0 bridgehead atoms. The van der Waals surface area contributed by atoms with E-state index in [1.807, 2.05) is 47.4 Å². The van der Waals surface area contributed by atoms with Crippen molar-refractivity contribution in [2.45, 2.75) is 19.3 Å². The van der Waals surface area contributed by atoms with E-state index in [-0.39, 0.29) is 18.3 Å². The zero-order valence-corrected chi connectivity index (χ0v) is 19.6. The molecule has 0 radical (unpaired) electrons. The minimum Gasteiger partial charge on any atom is -0.308 e. The third kappa shape index (κ3) is 5.67. The molecule has 3 nitrogen and oxygen atoms in total. The third-order valence-electron chi connectivity index (χ3n) is 5.74. The topological polar surface area (TPSA) is 23.6 Å². The highest BCUT2D eigenvalue weighted by atomic mass is 35.5. The summed E-state index contributed by atoms with van der Waals surface area (Å²) in [5.41, 5.74) is 6.48. The van der Waals surface area contributed by atoms with E-state index in [9.17, 15) is 4.79 Å². The number of nitrogens with zero attached hydrogens (tertiary/aromatic N) is 2. The average molecular weight is 447 g/mol. The van der Waals surface area contributed by atoms with Crippen molar-refractivity contribution in [3.8, 4) is 11.1 Å². The number of hydrogen-bond donors (Lipinski definition) is 0. The number of carbonyl (C=O) groups excluding carboxylic acids is 1. The number of aryl methyl sites for hydroxylation is 1.